The average Bonchev–Trinajstić information content (AvgIpc) is 3.88. The van der Waals surface area contributed by atoms with E-state index in [1.807, 2.05) is 18.6 Å². The van der Waals surface area contributed by atoms with E-state index in [1.54, 1.807) is 0 Å². The molecular formula is C36H35N7O2. The van der Waals surface area contributed by atoms with E-state index in [0.717, 1.165) is 99.7 Å². The van der Waals surface area contributed by atoms with E-state index in [1.165, 1.54) is 24.8 Å². The monoisotopic (exact) mass is 597 g/mol. The number of pyridine rings is 1. The molecule has 45 heavy (non-hydrogen) atoms. The van der Waals surface area contributed by atoms with Gasteiger partial charge in [-0.3, -0.25) is 15.1 Å². The minimum atomic E-state index is 0.462. The predicted octanol–water partition coefficient (Wildman–Crippen LogP) is 7.36. The third kappa shape index (κ3) is 4.74. The number of morpholine rings is 1. The van der Waals surface area contributed by atoms with Crippen LogP contribution in [-0.4, -0.2) is 68.7 Å². The first-order valence-electron chi connectivity index (χ1n) is 16.0. The number of nitrogens with zero attached hydrogens (tertiary/aromatic N) is 5. The molecule has 6 aromatic rings. The lowest BCUT2D eigenvalue weighted by molar-refractivity contribution is 0.0300. The predicted molar refractivity (Wildman–Crippen MR) is 176 cm³/mol. The molecule has 2 N–H and O–H groups in total. The second-order valence-electron chi connectivity index (χ2n) is 12.7. The number of likely N-dealkylation sites (tertiary alicyclic amines) is 1. The van der Waals surface area contributed by atoms with E-state index in [4.69, 9.17) is 14.5 Å². The Morgan fingerprint density at radius 3 is 2.36 bits per heavy atom. The van der Waals surface area contributed by atoms with Gasteiger partial charge in [-0.15, -0.1) is 0 Å². The molecule has 2 bridgehead atoms. The second-order valence-corrected chi connectivity index (χ2v) is 12.7. The van der Waals surface area contributed by atoms with Gasteiger partial charge in [0.25, 0.3) is 0 Å². The summed E-state index contributed by atoms with van der Waals surface area (Å²) in [6.07, 6.45) is 10.8. The fourth-order valence-electron chi connectivity index (χ4n) is 7.36. The minimum absolute atomic E-state index is 0.462. The summed E-state index contributed by atoms with van der Waals surface area (Å²) in [4.78, 5) is 10.0. The highest BCUT2D eigenvalue weighted by Gasteiger charge is 2.38. The van der Waals surface area contributed by atoms with Gasteiger partial charge in [0.1, 0.15) is 0 Å². The van der Waals surface area contributed by atoms with Gasteiger partial charge in [0, 0.05) is 41.7 Å². The Kier molecular flexibility index (Phi) is 6.35. The quantitative estimate of drug-likeness (QED) is 0.177. The molecule has 3 aromatic carbocycles. The summed E-state index contributed by atoms with van der Waals surface area (Å²) >= 11 is 0. The molecule has 2 fully saturated rings. The van der Waals surface area contributed by atoms with Crippen LogP contribution in [0.5, 0.6) is 11.5 Å². The van der Waals surface area contributed by atoms with Crippen molar-refractivity contribution in [2.24, 2.45) is 0 Å². The molecule has 9 rings (SSSR count). The van der Waals surface area contributed by atoms with Crippen LogP contribution >= 0.6 is 0 Å². The number of aromatic amines is 2. The lowest BCUT2D eigenvalue weighted by atomic mass is 9.97. The van der Waals surface area contributed by atoms with Gasteiger partial charge in [-0.1, -0.05) is 18.6 Å². The van der Waals surface area contributed by atoms with Gasteiger partial charge in [0.15, 0.2) is 17.3 Å². The zero-order valence-corrected chi connectivity index (χ0v) is 25.3. The van der Waals surface area contributed by atoms with Gasteiger partial charge in [-0.25, -0.2) is 4.98 Å². The number of hydrogen-bond acceptors (Lipinski definition) is 7. The normalized spacial score (nSPS) is 18.9. The molecule has 0 aliphatic carbocycles. The fraction of sp³-hybridized carbons (Fsp3) is 0.306. The number of H-pyrrole nitrogens is 2. The number of anilines is 2. The first kappa shape index (κ1) is 26.7. The first-order chi connectivity index (χ1) is 22.2. The molecule has 226 valence electrons. The number of benzene rings is 3. The molecule has 0 amide bonds. The van der Waals surface area contributed by atoms with Gasteiger partial charge in [0.2, 0.25) is 0 Å². The highest BCUT2D eigenvalue weighted by Crippen LogP contribution is 2.49. The number of rotatable bonds is 8. The molecule has 0 radical (unpaired) electrons. The van der Waals surface area contributed by atoms with Crippen LogP contribution in [-0.2, 0) is 4.74 Å². The second kappa shape index (κ2) is 10.7. The van der Waals surface area contributed by atoms with E-state index in [9.17, 15) is 0 Å². The van der Waals surface area contributed by atoms with Crippen LogP contribution in [0.15, 0.2) is 73.2 Å². The molecule has 9 heteroatoms. The fourth-order valence-corrected chi connectivity index (χ4v) is 7.36. The summed E-state index contributed by atoms with van der Waals surface area (Å²) in [5, 5.41) is 16.6. The van der Waals surface area contributed by atoms with Crippen molar-refractivity contribution in [3.8, 4) is 33.8 Å². The van der Waals surface area contributed by atoms with Crippen LogP contribution in [0.1, 0.15) is 31.2 Å². The van der Waals surface area contributed by atoms with Crippen LogP contribution < -0.4 is 9.64 Å². The Bertz CT molecular complexity index is 2050. The number of ether oxygens (including phenoxy) is 2. The minimum Gasteiger partial charge on any atom is -0.451 e. The maximum atomic E-state index is 6.70. The van der Waals surface area contributed by atoms with Gasteiger partial charge in [-0.2, -0.15) is 10.2 Å². The maximum Gasteiger partial charge on any atom is 0.176 e. The summed E-state index contributed by atoms with van der Waals surface area (Å²) in [6, 6.07) is 19.9. The molecule has 3 aromatic heterocycles. The number of hydrogen-bond donors (Lipinski definition) is 2. The van der Waals surface area contributed by atoms with Crippen LogP contribution in [0.2, 0.25) is 0 Å². The van der Waals surface area contributed by atoms with Crippen molar-refractivity contribution >= 4 is 33.3 Å². The lowest BCUT2D eigenvalue weighted by Crippen LogP contribution is -2.37. The van der Waals surface area contributed by atoms with Crippen LogP contribution in [0.3, 0.4) is 0 Å². The first-order valence-corrected chi connectivity index (χ1v) is 16.0. The molecule has 0 spiro atoms. The van der Waals surface area contributed by atoms with E-state index < -0.39 is 0 Å². The highest BCUT2D eigenvalue weighted by atomic mass is 16.5. The number of nitrogens with one attached hydrogen (secondary N) is 2. The van der Waals surface area contributed by atoms with E-state index in [-0.39, 0.29) is 0 Å². The molecule has 2 saturated heterocycles. The van der Waals surface area contributed by atoms with Gasteiger partial charge >= 0.3 is 0 Å². The van der Waals surface area contributed by atoms with Gasteiger partial charge in [0.05, 0.1) is 41.8 Å². The highest BCUT2D eigenvalue weighted by molar-refractivity contribution is 5.88. The van der Waals surface area contributed by atoms with Gasteiger partial charge < -0.3 is 14.4 Å². The van der Waals surface area contributed by atoms with Crippen LogP contribution in [0.4, 0.5) is 11.5 Å². The number of fused-ring (bicyclic) bond motifs is 6. The Morgan fingerprint density at radius 2 is 1.58 bits per heavy atom. The summed E-state index contributed by atoms with van der Waals surface area (Å²) < 4.78 is 12.5. The van der Waals surface area contributed by atoms with Crippen molar-refractivity contribution in [3.05, 3.63) is 78.8 Å². The maximum absolute atomic E-state index is 6.70. The van der Waals surface area contributed by atoms with Crippen molar-refractivity contribution < 1.29 is 9.47 Å². The summed E-state index contributed by atoms with van der Waals surface area (Å²) in [5.41, 5.74) is 8.71. The standard InChI is InChI=1S/C36H35N7O2/c1-22-11-33-34(16-30(22)24-6-8-32-27(13-24)19-39-41-32)45-35-14-25(23-5-7-31-26(12-23)18-38-40-31)17-37-36(35)43(33)10-4-2-3-9-42-20-29-15-28(42)21-44-29/h5-8,11-14,16-19,28-29H,2-4,9-10,15,20-21H2,1H3,(H,38,40)(H,39,41)/t28-,29-/m1/s1. The molecule has 0 saturated carbocycles. The van der Waals surface area contributed by atoms with Crippen molar-refractivity contribution in [1.82, 2.24) is 30.3 Å². The average molecular weight is 598 g/mol. The summed E-state index contributed by atoms with van der Waals surface area (Å²) in [5.74, 6) is 2.50. The van der Waals surface area contributed by atoms with Gasteiger partial charge in [-0.05, 0) is 97.4 Å². The molecule has 3 aliphatic heterocycles. The Labute approximate surface area is 261 Å². The zero-order valence-electron chi connectivity index (χ0n) is 25.3. The Balaban J connectivity index is 1.03. The molecule has 2 atom stereocenters. The molecule has 6 heterocycles. The third-order valence-corrected chi connectivity index (χ3v) is 9.77. The lowest BCUT2D eigenvalue weighted by Gasteiger charge is -2.33. The zero-order chi connectivity index (χ0) is 29.9. The molecule has 0 unspecified atom stereocenters. The largest absolute Gasteiger partial charge is 0.451 e. The molecule has 3 aliphatic rings. The number of aromatic nitrogens is 5. The van der Waals surface area contributed by atoms with E-state index in [0.29, 0.717) is 12.1 Å². The van der Waals surface area contributed by atoms with E-state index in [2.05, 4.69) is 91.7 Å². The van der Waals surface area contributed by atoms with Crippen LogP contribution in [0.25, 0.3) is 44.1 Å². The number of unbranched alkanes of at least 4 members (excludes halogenated alkanes) is 2. The van der Waals surface area contributed by atoms with Crippen LogP contribution in [0, 0.1) is 6.92 Å². The smallest absolute Gasteiger partial charge is 0.176 e. The third-order valence-electron chi connectivity index (χ3n) is 9.77. The summed E-state index contributed by atoms with van der Waals surface area (Å²) in [7, 11) is 0. The Hall–Kier alpha value is -4.73. The number of aryl methyl sites for hydroxylation is 1. The van der Waals surface area contributed by atoms with Crippen molar-refractivity contribution in [3.63, 3.8) is 0 Å². The molecule has 9 nitrogen and oxygen atoms in total. The Morgan fingerprint density at radius 1 is 0.800 bits per heavy atom. The van der Waals surface area contributed by atoms with Crippen molar-refractivity contribution in [2.75, 3.05) is 31.1 Å². The van der Waals surface area contributed by atoms with E-state index >= 15 is 0 Å². The summed E-state index contributed by atoms with van der Waals surface area (Å²) in [6.45, 7) is 6.23. The van der Waals surface area contributed by atoms with Crippen molar-refractivity contribution in [2.45, 2.75) is 44.8 Å². The SMILES string of the molecule is Cc1cc2c(cc1-c1ccc3[nH]ncc3c1)Oc1cc(-c3ccc4[nH]ncc4c3)cnc1N2CCCCCN1C[C@H]2C[C@@H]1CO2. The van der Waals surface area contributed by atoms with Crippen molar-refractivity contribution in [1.29, 1.82) is 0 Å². The topological polar surface area (TPSA) is 95.2 Å². The molecular weight excluding hydrogens is 562 g/mol.